The van der Waals surface area contributed by atoms with Crippen molar-refractivity contribution < 1.29 is 22.7 Å². The zero-order chi connectivity index (χ0) is 21.6. The number of rotatable bonds is 8. The van der Waals surface area contributed by atoms with Crippen LogP contribution in [0.5, 0.6) is 0 Å². The van der Waals surface area contributed by atoms with Gasteiger partial charge in [-0.05, 0) is 43.2 Å². The molecule has 1 N–H and O–H groups in total. The highest BCUT2D eigenvalue weighted by Gasteiger charge is 2.23. The SMILES string of the molecule is CCOC(=O)c1cc(NC(=O)CN(c2ccccc2CC)S(C)(=O)=O)ccc1Cl. The molecule has 2 aromatic carbocycles. The van der Waals surface area contributed by atoms with E-state index >= 15 is 0 Å². The molecule has 9 heteroatoms. The number of sulfonamides is 1. The lowest BCUT2D eigenvalue weighted by Gasteiger charge is -2.24. The fourth-order valence-electron chi connectivity index (χ4n) is 2.73. The maximum atomic E-state index is 12.6. The molecule has 0 aliphatic heterocycles. The third kappa shape index (κ3) is 5.95. The normalized spacial score (nSPS) is 11.0. The van der Waals surface area contributed by atoms with Gasteiger partial charge in [0.15, 0.2) is 0 Å². The summed E-state index contributed by atoms with van der Waals surface area (Å²) in [6, 6.07) is 11.4. The van der Waals surface area contributed by atoms with E-state index in [0.29, 0.717) is 17.8 Å². The quantitative estimate of drug-likeness (QED) is 0.637. The van der Waals surface area contributed by atoms with E-state index in [9.17, 15) is 18.0 Å². The monoisotopic (exact) mass is 438 g/mol. The molecule has 0 aromatic heterocycles. The van der Waals surface area contributed by atoms with Crippen LogP contribution in [0.25, 0.3) is 0 Å². The number of halogens is 1. The Morgan fingerprint density at radius 2 is 1.83 bits per heavy atom. The van der Waals surface area contributed by atoms with Crippen molar-refractivity contribution in [1.29, 1.82) is 0 Å². The van der Waals surface area contributed by atoms with Crippen LogP contribution in [-0.4, -0.2) is 39.7 Å². The highest BCUT2D eigenvalue weighted by Crippen LogP contribution is 2.24. The van der Waals surface area contributed by atoms with Crippen molar-refractivity contribution in [2.75, 3.05) is 29.0 Å². The van der Waals surface area contributed by atoms with Crippen molar-refractivity contribution in [2.45, 2.75) is 20.3 Å². The lowest BCUT2D eigenvalue weighted by molar-refractivity contribution is -0.114. The van der Waals surface area contributed by atoms with E-state index < -0.39 is 28.4 Å². The number of nitrogens with one attached hydrogen (secondary N) is 1. The summed E-state index contributed by atoms with van der Waals surface area (Å²) in [7, 11) is -3.70. The summed E-state index contributed by atoms with van der Waals surface area (Å²) in [4.78, 5) is 24.5. The summed E-state index contributed by atoms with van der Waals surface area (Å²) >= 11 is 6.02. The Morgan fingerprint density at radius 1 is 1.14 bits per heavy atom. The van der Waals surface area contributed by atoms with E-state index in [0.717, 1.165) is 16.1 Å². The second-order valence-corrected chi connectivity index (χ2v) is 8.53. The molecule has 0 radical (unpaired) electrons. The molecule has 0 aliphatic rings. The van der Waals surface area contributed by atoms with Crippen molar-refractivity contribution in [3.63, 3.8) is 0 Å². The van der Waals surface area contributed by atoms with Crippen LogP contribution >= 0.6 is 11.6 Å². The first-order valence-electron chi connectivity index (χ1n) is 8.99. The Morgan fingerprint density at radius 3 is 2.45 bits per heavy atom. The second kappa shape index (κ2) is 9.76. The molecule has 0 heterocycles. The van der Waals surface area contributed by atoms with E-state index in [1.165, 1.54) is 18.2 Å². The van der Waals surface area contributed by atoms with Gasteiger partial charge in [-0.15, -0.1) is 0 Å². The summed E-state index contributed by atoms with van der Waals surface area (Å²) in [5.41, 5.74) is 1.68. The first-order valence-corrected chi connectivity index (χ1v) is 11.2. The van der Waals surface area contributed by atoms with E-state index in [4.69, 9.17) is 16.3 Å². The standard InChI is InChI=1S/C20H23ClN2O5S/c1-4-14-8-6-7-9-18(14)23(29(3,26)27)13-19(24)22-15-10-11-17(21)16(12-15)20(25)28-5-2/h6-12H,4-5,13H2,1-3H3,(H,22,24). The third-order valence-electron chi connectivity index (χ3n) is 4.07. The number of hydrogen-bond donors (Lipinski definition) is 1. The van der Waals surface area contributed by atoms with Gasteiger partial charge in [0.2, 0.25) is 15.9 Å². The molecule has 0 bridgehead atoms. The minimum atomic E-state index is -3.70. The number of para-hydroxylation sites is 1. The fraction of sp³-hybridized carbons (Fsp3) is 0.300. The van der Waals surface area contributed by atoms with Crippen LogP contribution in [0.2, 0.25) is 5.02 Å². The number of esters is 1. The van der Waals surface area contributed by atoms with Gasteiger partial charge in [0.25, 0.3) is 0 Å². The maximum absolute atomic E-state index is 12.6. The minimum absolute atomic E-state index is 0.114. The van der Waals surface area contributed by atoms with Gasteiger partial charge in [-0.3, -0.25) is 9.10 Å². The molecule has 156 valence electrons. The molecule has 7 nitrogen and oxygen atoms in total. The second-order valence-electron chi connectivity index (χ2n) is 6.22. The predicted octanol–water partition coefficient (Wildman–Crippen LogP) is 3.48. The Hall–Kier alpha value is -2.58. The van der Waals surface area contributed by atoms with E-state index in [1.807, 2.05) is 19.1 Å². The maximum Gasteiger partial charge on any atom is 0.339 e. The number of anilines is 2. The fourth-order valence-corrected chi connectivity index (χ4v) is 3.82. The lowest BCUT2D eigenvalue weighted by Crippen LogP contribution is -2.38. The zero-order valence-electron chi connectivity index (χ0n) is 16.4. The van der Waals surface area contributed by atoms with E-state index in [1.54, 1.807) is 19.1 Å². The van der Waals surface area contributed by atoms with Crippen LogP contribution < -0.4 is 9.62 Å². The largest absolute Gasteiger partial charge is 0.462 e. The highest BCUT2D eigenvalue weighted by atomic mass is 35.5. The molecule has 0 unspecified atom stereocenters. The molecule has 2 aromatic rings. The molecule has 2 rings (SSSR count). The molecule has 29 heavy (non-hydrogen) atoms. The van der Waals surface area contributed by atoms with E-state index in [2.05, 4.69) is 5.32 Å². The molecule has 0 fully saturated rings. The van der Waals surface area contributed by atoms with Gasteiger partial charge in [0.05, 0.1) is 29.1 Å². The van der Waals surface area contributed by atoms with Crippen LogP contribution in [0, 0.1) is 0 Å². The zero-order valence-corrected chi connectivity index (χ0v) is 18.0. The number of ether oxygens (including phenoxy) is 1. The topological polar surface area (TPSA) is 92.8 Å². The number of carbonyl (C=O) groups is 2. The van der Waals surface area contributed by atoms with Crippen molar-refractivity contribution in [3.8, 4) is 0 Å². The Balaban J connectivity index is 2.26. The number of nitrogens with zero attached hydrogens (tertiary/aromatic N) is 1. The number of carbonyl (C=O) groups excluding carboxylic acids is 2. The number of hydrogen-bond acceptors (Lipinski definition) is 5. The summed E-state index contributed by atoms with van der Waals surface area (Å²) < 4.78 is 30.6. The average Bonchev–Trinajstić information content (AvgIpc) is 2.67. The molecule has 0 spiro atoms. The molecule has 0 atom stereocenters. The van der Waals surface area contributed by atoms with Gasteiger partial charge < -0.3 is 10.1 Å². The molecule has 0 saturated heterocycles. The van der Waals surface area contributed by atoms with Gasteiger partial charge in [0.1, 0.15) is 6.54 Å². The molecular formula is C20H23ClN2O5S. The van der Waals surface area contributed by atoms with Crippen LogP contribution in [0.4, 0.5) is 11.4 Å². The lowest BCUT2D eigenvalue weighted by atomic mass is 10.1. The summed E-state index contributed by atoms with van der Waals surface area (Å²) in [6.45, 7) is 3.36. The summed E-state index contributed by atoms with van der Waals surface area (Å²) in [5, 5.41) is 2.80. The molecule has 1 amide bonds. The number of aryl methyl sites for hydroxylation is 1. The predicted molar refractivity (Wildman–Crippen MR) is 114 cm³/mol. The third-order valence-corrected chi connectivity index (χ3v) is 5.53. The van der Waals surface area contributed by atoms with Crippen molar-refractivity contribution >= 4 is 44.9 Å². The van der Waals surface area contributed by atoms with Gasteiger partial charge >= 0.3 is 5.97 Å². The Kier molecular flexibility index (Phi) is 7.64. The minimum Gasteiger partial charge on any atom is -0.462 e. The summed E-state index contributed by atoms with van der Waals surface area (Å²) in [5.74, 6) is -1.17. The van der Waals surface area contributed by atoms with Crippen LogP contribution in [-0.2, 0) is 26.0 Å². The van der Waals surface area contributed by atoms with Crippen molar-refractivity contribution in [1.82, 2.24) is 0 Å². The van der Waals surface area contributed by atoms with Crippen LogP contribution in [0.3, 0.4) is 0 Å². The van der Waals surface area contributed by atoms with Gasteiger partial charge in [0, 0.05) is 5.69 Å². The Bertz CT molecular complexity index is 1010. The number of amides is 1. The number of benzene rings is 2. The van der Waals surface area contributed by atoms with Gasteiger partial charge in [-0.25, -0.2) is 13.2 Å². The van der Waals surface area contributed by atoms with Gasteiger partial charge in [-0.1, -0.05) is 36.7 Å². The van der Waals surface area contributed by atoms with Crippen LogP contribution in [0.15, 0.2) is 42.5 Å². The first kappa shape index (κ1) is 22.7. The molecule has 0 saturated carbocycles. The summed E-state index contributed by atoms with van der Waals surface area (Å²) in [6.07, 6.45) is 1.66. The average molecular weight is 439 g/mol. The first-order chi connectivity index (χ1) is 13.7. The Labute approximate surface area is 175 Å². The smallest absolute Gasteiger partial charge is 0.339 e. The molecule has 0 aliphatic carbocycles. The highest BCUT2D eigenvalue weighted by molar-refractivity contribution is 7.92. The molecular weight excluding hydrogens is 416 g/mol. The van der Waals surface area contributed by atoms with Gasteiger partial charge in [-0.2, -0.15) is 0 Å². The van der Waals surface area contributed by atoms with Crippen molar-refractivity contribution in [2.24, 2.45) is 0 Å². The van der Waals surface area contributed by atoms with E-state index in [-0.39, 0.29) is 17.2 Å². The van der Waals surface area contributed by atoms with Crippen LogP contribution in [0.1, 0.15) is 29.8 Å². The van der Waals surface area contributed by atoms with Crippen molar-refractivity contribution in [3.05, 3.63) is 58.6 Å².